The van der Waals surface area contributed by atoms with Crippen LogP contribution in [0.1, 0.15) is 27.9 Å². The monoisotopic (exact) mass is 356 g/mol. The molecule has 4 rings (SSSR count). The van der Waals surface area contributed by atoms with Gasteiger partial charge in [-0.2, -0.15) is 0 Å². The molecule has 0 radical (unpaired) electrons. The Morgan fingerprint density at radius 3 is 3.04 bits per heavy atom. The number of H-pyrrole nitrogens is 1. The predicted octanol–water partition coefficient (Wildman–Crippen LogP) is 4.09. The predicted molar refractivity (Wildman–Crippen MR) is 99.3 cm³/mol. The number of benzene rings is 1. The number of rotatable bonds is 3. The topological polar surface area (TPSA) is 58.5 Å². The molecule has 1 N–H and O–H groups in total. The molecule has 0 bridgehead atoms. The summed E-state index contributed by atoms with van der Waals surface area (Å²) in [7, 11) is 1.64. The SMILES string of the molecule is COc1ccc2cc(C(=O)N3CCSC(c4ccco4)CC3)[nH]c2c1. The van der Waals surface area contributed by atoms with Crippen LogP contribution in [0.4, 0.5) is 0 Å². The zero-order valence-corrected chi connectivity index (χ0v) is 14.8. The van der Waals surface area contributed by atoms with Crippen molar-refractivity contribution in [2.75, 3.05) is 26.0 Å². The smallest absolute Gasteiger partial charge is 0.270 e. The number of methoxy groups -OCH3 is 1. The van der Waals surface area contributed by atoms with Crippen molar-refractivity contribution in [1.82, 2.24) is 9.88 Å². The molecular formula is C19H20N2O3S. The number of carbonyl (C=O) groups is 1. The molecule has 1 saturated heterocycles. The standard InChI is InChI=1S/C19H20N2O3S/c1-23-14-5-4-13-11-16(20-15(13)12-14)19(22)21-7-6-18(25-10-8-21)17-3-2-9-24-17/h2-5,9,11-12,18,20H,6-8,10H2,1H3. The molecule has 1 unspecified atom stereocenters. The molecule has 1 aliphatic rings. The maximum atomic E-state index is 12.9. The number of nitrogens with zero attached hydrogens (tertiary/aromatic N) is 1. The number of ether oxygens (including phenoxy) is 1. The Morgan fingerprint density at radius 1 is 1.32 bits per heavy atom. The Labute approximate surface area is 150 Å². The van der Waals surface area contributed by atoms with Crippen molar-refractivity contribution in [3.8, 4) is 5.75 Å². The summed E-state index contributed by atoms with van der Waals surface area (Å²) in [5.74, 6) is 2.74. The number of furan rings is 1. The zero-order chi connectivity index (χ0) is 17.2. The third-order valence-corrected chi connectivity index (χ3v) is 5.84. The number of aromatic amines is 1. The zero-order valence-electron chi connectivity index (χ0n) is 14.0. The summed E-state index contributed by atoms with van der Waals surface area (Å²) in [6.07, 6.45) is 2.61. The van der Waals surface area contributed by atoms with Crippen LogP contribution >= 0.6 is 11.8 Å². The van der Waals surface area contributed by atoms with Gasteiger partial charge in [0.2, 0.25) is 0 Å². The summed E-state index contributed by atoms with van der Waals surface area (Å²) in [6.45, 7) is 1.48. The number of aromatic nitrogens is 1. The molecule has 3 aromatic rings. The van der Waals surface area contributed by atoms with Gasteiger partial charge in [0.1, 0.15) is 17.2 Å². The van der Waals surface area contributed by atoms with E-state index in [0.717, 1.165) is 47.7 Å². The molecule has 0 spiro atoms. The molecule has 1 amide bonds. The van der Waals surface area contributed by atoms with Crippen LogP contribution in [-0.2, 0) is 0 Å². The molecule has 1 aliphatic heterocycles. The van der Waals surface area contributed by atoms with Crippen molar-refractivity contribution in [1.29, 1.82) is 0 Å². The van der Waals surface area contributed by atoms with Gasteiger partial charge in [-0.15, -0.1) is 11.8 Å². The Morgan fingerprint density at radius 2 is 2.24 bits per heavy atom. The van der Waals surface area contributed by atoms with Crippen molar-refractivity contribution in [2.24, 2.45) is 0 Å². The van der Waals surface area contributed by atoms with Gasteiger partial charge in [-0.1, -0.05) is 0 Å². The van der Waals surface area contributed by atoms with Crippen LogP contribution in [-0.4, -0.2) is 41.7 Å². The molecule has 0 saturated carbocycles. The van der Waals surface area contributed by atoms with E-state index in [9.17, 15) is 4.79 Å². The van der Waals surface area contributed by atoms with Crippen LogP contribution in [0.5, 0.6) is 5.75 Å². The van der Waals surface area contributed by atoms with Gasteiger partial charge in [0.15, 0.2) is 0 Å². The van der Waals surface area contributed by atoms with E-state index in [2.05, 4.69) is 4.98 Å². The number of hydrogen-bond donors (Lipinski definition) is 1. The van der Waals surface area contributed by atoms with Crippen molar-refractivity contribution >= 4 is 28.6 Å². The van der Waals surface area contributed by atoms with Gasteiger partial charge in [0, 0.05) is 35.8 Å². The normalized spacial score (nSPS) is 18.3. The average molecular weight is 356 g/mol. The highest BCUT2D eigenvalue weighted by molar-refractivity contribution is 7.99. The fraction of sp³-hybridized carbons (Fsp3) is 0.316. The molecule has 6 heteroatoms. The highest BCUT2D eigenvalue weighted by Crippen LogP contribution is 2.34. The third kappa shape index (κ3) is 3.26. The number of fused-ring (bicyclic) bond motifs is 1. The van der Waals surface area contributed by atoms with E-state index < -0.39 is 0 Å². The first-order valence-electron chi connectivity index (χ1n) is 8.35. The van der Waals surface area contributed by atoms with Gasteiger partial charge in [0.25, 0.3) is 5.91 Å². The van der Waals surface area contributed by atoms with Gasteiger partial charge in [-0.25, -0.2) is 0 Å². The summed E-state index contributed by atoms with van der Waals surface area (Å²) >= 11 is 1.85. The first-order chi connectivity index (χ1) is 12.2. The van der Waals surface area contributed by atoms with Crippen LogP contribution < -0.4 is 4.74 Å². The van der Waals surface area contributed by atoms with Crippen LogP contribution in [0.15, 0.2) is 47.1 Å². The lowest BCUT2D eigenvalue weighted by molar-refractivity contribution is 0.0761. The third-order valence-electron chi connectivity index (χ3n) is 4.55. The van der Waals surface area contributed by atoms with Crippen LogP contribution in [0.3, 0.4) is 0 Å². The van der Waals surface area contributed by atoms with Gasteiger partial charge in [-0.3, -0.25) is 4.79 Å². The number of thioether (sulfide) groups is 1. The minimum atomic E-state index is 0.0517. The lowest BCUT2D eigenvalue weighted by atomic mass is 10.2. The summed E-state index contributed by atoms with van der Waals surface area (Å²) in [6, 6.07) is 11.6. The lowest BCUT2D eigenvalue weighted by Crippen LogP contribution is -2.33. The molecule has 5 nitrogen and oxygen atoms in total. The Hall–Kier alpha value is -2.34. The first kappa shape index (κ1) is 16.1. The van der Waals surface area contributed by atoms with E-state index in [0.29, 0.717) is 10.9 Å². The maximum absolute atomic E-state index is 12.9. The van der Waals surface area contributed by atoms with E-state index >= 15 is 0 Å². The van der Waals surface area contributed by atoms with Gasteiger partial charge in [-0.05, 0) is 36.8 Å². The molecular weight excluding hydrogens is 336 g/mol. The van der Waals surface area contributed by atoms with Gasteiger partial charge >= 0.3 is 0 Å². The fourth-order valence-electron chi connectivity index (χ4n) is 3.19. The molecule has 1 aromatic carbocycles. The maximum Gasteiger partial charge on any atom is 0.270 e. The van der Waals surface area contributed by atoms with Gasteiger partial charge in [0.05, 0.1) is 18.6 Å². The van der Waals surface area contributed by atoms with E-state index in [-0.39, 0.29) is 5.91 Å². The lowest BCUT2D eigenvalue weighted by Gasteiger charge is -2.19. The highest BCUT2D eigenvalue weighted by atomic mass is 32.2. The number of amides is 1. The quantitative estimate of drug-likeness (QED) is 0.768. The number of nitrogens with one attached hydrogen (secondary N) is 1. The minimum Gasteiger partial charge on any atom is -0.497 e. The largest absolute Gasteiger partial charge is 0.497 e. The van der Waals surface area contributed by atoms with Crippen molar-refractivity contribution in [3.63, 3.8) is 0 Å². The summed E-state index contributed by atoms with van der Waals surface area (Å²) < 4.78 is 10.8. The van der Waals surface area contributed by atoms with E-state index in [1.807, 2.05) is 53.1 Å². The van der Waals surface area contributed by atoms with E-state index in [1.54, 1.807) is 13.4 Å². The second kappa shape index (κ2) is 6.88. The first-order valence-corrected chi connectivity index (χ1v) is 9.40. The highest BCUT2D eigenvalue weighted by Gasteiger charge is 2.25. The Kier molecular flexibility index (Phi) is 4.44. The second-order valence-electron chi connectivity index (χ2n) is 6.09. The Bertz CT molecular complexity index is 872. The van der Waals surface area contributed by atoms with E-state index in [1.165, 1.54) is 0 Å². The minimum absolute atomic E-state index is 0.0517. The van der Waals surface area contributed by atoms with Crippen LogP contribution in [0, 0.1) is 0 Å². The molecule has 2 aromatic heterocycles. The molecule has 130 valence electrons. The van der Waals surface area contributed by atoms with Gasteiger partial charge < -0.3 is 19.0 Å². The van der Waals surface area contributed by atoms with Crippen LogP contribution in [0.2, 0.25) is 0 Å². The fourth-order valence-corrected chi connectivity index (χ4v) is 4.37. The van der Waals surface area contributed by atoms with E-state index in [4.69, 9.17) is 9.15 Å². The summed E-state index contributed by atoms with van der Waals surface area (Å²) in [5.41, 5.74) is 1.55. The Balaban J connectivity index is 1.50. The summed E-state index contributed by atoms with van der Waals surface area (Å²) in [4.78, 5) is 18.1. The summed E-state index contributed by atoms with van der Waals surface area (Å²) in [5, 5.41) is 1.33. The second-order valence-corrected chi connectivity index (χ2v) is 7.40. The van der Waals surface area contributed by atoms with Crippen molar-refractivity contribution < 1.29 is 13.9 Å². The molecule has 25 heavy (non-hydrogen) atoms. The average Bonchev–Trinajstić information content (AvgIpc) is 3.25. The van der Waals surface area contributed by atoms with Crippen LogP contribution in [0.25, 0.3) is 10.9 Å². The number of hydrogen-bond acceptors (Lipinski definition) is 4. The molecule has 3 heterocycles. The number of carbonyl (C=O) groups excluding carboxylic acids is 1. The molecule has 1 atom stereocenters. The molecule has 1 fully saturated rings. The van der Waals surface area contributed by atoms with Crippen molar-refractivity contribution in [2.45, 2.75) is 11.7 Å². The molecule has 0 aliphatic carbocycles. The van der Waals surface area contributed by atoms with Crippen molar-refractivity contribution in [3.05, 3.63) is 54.1 Å².